The van der Waals surface area contributed by atoms with Crippen molar-refractivity contribution in [3.8, 4) is 0 Å². The van der Waals surface area contributed by atoms with Crippen molar-refractivity contribution in [2.45, 2.75) is 26.3 Å². The number of carbonyl (C=O) groups excluding carboxylic acids is 4. The Labute approximate surface area is 164 Å². The van der Waals surface area contributed by atoms with Gasteiger partial charge in [0.2, 0.25) is 11.8 Å². The molecule has 1 aliphatic heterocycles. The summed E-state index contributed by atoms with van der Waals surface area (Å²) in [7, 11) is 0. The molecule has 3 N–H and O–H groups in total. The van der Waals surface area contributed by atoms with Gasteiger partial charge in [0, 0.05) is 0 Å². The summed E-state index contributed by atoms with van der Waals surface area (Å²) in [6.45, 7) is 3.56. The van der Waals surface area contributed by atoms with Crippen molar-refractivity contribution in [3.05, 3.63) is 40.4 Å². The Balaban J connectivity index is 1.67. The van der Waals surface area contributed by atoms with E-state index in [1.807, 2.05) is 0 Å². The van der Waals surface area contributed by atoms with Gasteiger partial charge in [0.15, 0.2) is 5.13 Å². The zero-order valence-electron chi connectivity index (χ0n) is 15.2. The van der Waals surface area contributed by atoms with Crippen molar-refractivity contribution < 1.29 is 23.9 Å². The number of anilines is 2. The van der Waals surface area contributed by atoms with Crippen molar-refractivity contribution in [2.24, 2.45) is 0 Å². The topological polar surface area (TPSA) is 126 Å². The SMILES string of the molecule is CCOC(=O)c1sc(NC(=O)C[C@@H]2NC(=O)c3ccccc3NC2=O)nc1C. The van der Waals surface area contributed by atoms with Crippen LogP contribution < -0.4 is 16.0 Å². The van der Waals surface area contributed by atoms with Crippen LogP contribution in [0.3, 0.4) is 0 Å². The lowest BCUT2D eigenvalue weighted by molar-refractivity contribution is -0.122. The molecule has 0 fully saturated rings. The Morgan fingerprint density at radius 1 is 1.29 bits per heavy atom. The third-order valence-corrected chi connectivity index (χ3v) is 5.00. The first-order chi connectivity index (χ1) is 13.4. The number of fused-ring (bicyclic) bond motifs is 1. The third-order valence-electron chi connectivity index (χ3n) is 3.94. The molecular formula is C18H18N4O5S. The van der Waals surface area contributed by atoms with Gasteiger partial charge in [-0.05, 0) is 26.0 Å². The van der Waals surface area contributed by atoms with E-state index in [9.17, 15) is 19.2 Å². The average molecular weight is 402 g/mol. The summed E-state index contributed by atoms with van der Waals surface area (Å²) in [5.41, 5.74) is 1.16. The lowest BCUT2D eigenvalue weighted by Gasteiger charge is -2.13. The van der Waals surface area contributed by atoms with Gasteiger partial charge in [0.05, 0.1) is 30.0 Å². The zero-order valence-corrected chi connectivity index (χ0v) is 16.0. The Bertz CT molecular complexity index is 955. The van der Waals surface area contributed by atoms with E-state index in [-0.39, 0.29) is 18.2 Å². The molecule has 2 heterocycles. The lowest BCUT2D eigenvalue weighted by atomic mass is 10.1. The number of para-hydroxylation sites is 1. The van der Waals surface area contributed by atoms with Gasteiger partial charge < -0.3 is 20.7 Å². The number of thiazole rings is 1. The van der Waals surface area contributed by atoms with Crippen LogP contribution in [0.2, 0.25) is 0 Å². The van der Waals surface area contributed by atoms with E-state index in [1.165, 1.54) is 0 Å². The minimum absolute atomic E-state index is 0.217. The molecule has 10 heteroatoms. The Kier molecular flexibility index (Phi) is 5.69. The van der Waals surface area contributed by atoms with E-state index in [4.69, 9.17) is 4.74 Å². The largest absolute Gasteiger partial charge is 0.462 e. The molecule has 2 aromatic rings. The summed E-state index contributed by atoms with van der Waals surface area (Å²) in [4.78, 5) is 53.3. The normalized spacial score (nSPS) is 15.7. The molecule has 1 aromatic heterocycles. The molecule has 3 rings (SSSR count). The number of hydrogen-bond donors (Lipinski definition) is 3. The maximum absolute atomic E-state index is 12.3. The molecule has 0 unspecified atom stereocenters. The molecule has 3 amide bonds. The van der Waals surface area contributed by atoms with Crippen molar-refractivity contribution in [1.29, 1.82) is 0 Å². The molecule has 1 aliphatic rings. The van der Waals surface area contributed by atoms with Crippen LogP contribution in [0.4, 0.5) is 10.8 Å². The molecule has 0 aliphatic carbocycles. The number of amides is 3. The predicted molar refractivity (Wildman–Crippen MR) is 102 cm³/mol. The van der Waals surface area contributed by atoms with E-state index < -0.39 is 29.7 Å². The van der Waals surface area contributed by atoms with E-state index in [2.05, 4.69) is 20.9 Å². The first kappa shape index (κ1) is 19.5. The Morgan fingerprint density at radius 3 is 2.79 bits per heavy atom. The molecule has 28 heavy (non-hydrogen) atoms. The van der Waals surface area contributed by atoms with Crippen LogP contribution >= 0.6 is 11.3 Å². The third kappa shape index (κ3) is 4.17. The fourth-order valence-electron chi connectivity index (χ4n) is 2.65. The molecule has 1 atom stereocenters. The summed E-state index contributed by atoms with van der Waals surface area (Å²) < 4.78 is 4.94. The van der Waals surface area contributed by atoms with E-state index >= 15 is 0 Å². The molecular weight excluding hydrogens is 384 g/mol. The van der Waals surface area contributed by atoms with Crippen LogP contribution in [0.25, 0.3) is 0 Å². The summed E-state index contributed by atoms with van der Waals surface area (Å²) >= 11 is 0.988. The first-order valence-corrected chi connectivity index (χ1v) is 9.35. The first-order valence-electron chi connectivity index (χ1n) is 8.54. The zero-order chi connectivity index (χ0) is 20.3. The standard InChI is InChI=1S/C18H18N4O5S/c1-3-27-17(26)14-9(2)19-18(28-14)22-13(23)8-12-16(25)20-11-7-5-4-6-10(11)15(24)21-12/h4-7,12H,3,8H2,1-2H3,(H,20,25)(H,21,24)(H,19,22,23)/t12-/m0/s1. The second-order valence-electron chi connectivity index (χ2n) is 5.97. The number of aromatic nitrogens is 1. The number of rotatable bonds is 5. The van der Waals surface area contributed by atoms with Gasteiger partial charge in [-0.2, -0.15) is 0 Å². The molecule has 0 saturated heterocycles. The van der Waals surface area contributed by atoms with E-state index in [1.54, 1.807) is 38.1 Å². The Morgan fingerprint density at radius 2 is 2.04 bits per heavy atom. The van der Waals surface area contributed by atoms with Gasteiger partial charge in [0.1, 0.15) is 10.9 Å². The Hall–Kier alpha value is -3.27. The predicted octanol–water partition coefficient (Wildman–Crippen LogP) is 1.71. The molecule has 9 nitrogen and oxygen atoms in total. The molecule has 1 aromatic carbocycles. The number of ether oxygens (including phenoxy) is 1. The fraction of sp³-hybridized carbons (Fsp3) is 0.278. The number of benzene rings is 1. The number of nitrogens with one attached hydrogen (secondary N) is 3. The van der Waals surface area contributed by atoms with Gasteiger partial charge in [-0.1, -0.05) is 23.5 Å². The number of nitrogens with zero attached hydrogens (tertiary/aromatic N) is 1. The van der Waals surface area contributed by atoms with Crippen LogP contribution in [-0.4, -0.2) is 41.3 Å². The van der Waals surface area contributed by atoms with E-state index in [0.29, 0.717) is 21.8 Å². The molecule has 0 saturated carbocycles. The van der Waals surface area contributed by atoms with Crippen molar-refractivity contribution in [2.75, 3.05) is 17.2 Å². The van der Waals surface area contributed by atoms with Gasteiger partial charge in [-0.15, -0.1) is 0 Å². The number of carbonyl (C=O) groups is 4. The maximum atomic E-state index is 12.3. The number of aryl methyl sites for hydroxylation is 1. The minimum Gasteiger partial charge on any atom is -0.462 e. The second kappa shape index (κ2) is 8.17. The highest BCUT2D eigenvalue weighted by Crippen LogP contribution is 2.24. The van der Waals surface area contributed by atoms with Crippen molar-refractivity contribution >= 4 is 45.8 Å². The smallest absolute Gasteiger partial charge is 0.350 e. The monoisotopic (exact) mass is 402 g/mol. The fourth-order valence-corrected chi connectivity index (χ4v) is 3.52. The highest BCUT2D eigenvalue weighted by Gasteiger charge is 2.29. The van der Waals surface area contributed by atoms with Gasteiger partial charge >= 0.3 is 5.97 Å². The second-order valence-corrected chi connectivity index (χ2v) is 6.97. The average Bonchev–Trinajstić information content (AvgIpc) is 2.96. The van der Waals surface area contributed by atoms with Crippen LogP contribution in [0.15, 0.2) is 24.3 Å². The quantitative estimate of drug-likeness (QED) is 0.654. The number of esters is 1. The summed E-state index contributed by atoms with van der Waals surface area (Å²) in [6.07, 6.45) is -0.279. The maximum Gasteiger partial charge on any atom is 0.350 e. The molecule has 0 bridgehead atoms. The van der Waals surface area contributed by atoms with Crippen LogP contribution in [0.5, 0.6) is 0 Å². The number of hydrogen-bond acceptors (Lipinski definition) is 7. The lowest BCUT2D eigenvalue weighted by Crippen LogP contribution is -2.43. The van der Waals surface area contributed by atoms with Gasteiger partial charge in [-0.3, -0.25) is 14.4 Å². The van der Waals surface area contributed by atoms with Crippen LogP contribution in [0, 0.1) is 6.92 Å². The summed E-state index contributed by atoms with van der Waals surface area (Å²) in [5.74, 6) is -1.96. The highest BCUT2D eigenvalue weighted by atomic mass is 32.1. The molecule has 0 radical (unpaired) electrons. The highest BCUT2D eigenvalue weighted by molar-refractivity contribution is 7.17. The molecule has 0 spiro atoms. The van der Waals surface area contributed by atoms with Crippen molar-refractivity contribution in [3.63, 3.8) is 0 Å². The summed E-state index contributed by atoms with van der Waals surface area (Å²) in [6, 6.07) is 5.55. The van der Waals surface area contributed by atoms with Gasteiger partial charge in [0.25, 0.3) is 5.91 Å². The summed E-state index contributed by atoms with van der Waals surface area (Å²) in [5, 5.41) is 7.96. The van der Waals surface area contributed by atoms with E-state index in [0.717, 1.165) is 11.3 Å². The minimum atomic E-state index is -1.04. The van der Waals surface area contributed by atoms with Gasteiger partial charge in [-0.25, -0.2) is 9.78 Å². The van der Waals surface area contributed by atoms with Crippen LogP contribution in [-0.2, 0) is 14.3 Å². The van der Waals surface area contributed by atoms with Crippen LogP contribution in [0.1, 0.15) is 39.1 Å². The molecule has 146 valence electrons. The van der Waals surface area contributed by atoms with Crippen molar-refractivity contribution in [1.82, 2.24) is 10.3 Å².